The number of rotatable bonds is 1. The van der Waals surface area contributed by atoms with Crippen molar-refractivity contribution in [2.75, 3.05) is 19.6 Å². The van der Waals surface area contributed by atoms with Gasteiger partial charge in [0.25, 0.3) is 5.91 Å². The second-order valence-corrected chi connectivity index (χ2v) is 6.48. The highest BCUT2D eigenvalue weighted by Crippen LogP contribution is 2.30. The number of likely N-dealkylation sites (tertiary alicyclic amines) is 1. The third-order valence-electron chi connectivity index (χ3n) is 3.88. The molecular formula is C14H13N3O2S. The van der Waals surface area contributed by atoms with Crippen LogP contribution in [-0.4, -0.2) is 42.0 Å². The van der Waals surface area contributed by atoms with Gasteiger partial charge in [-0.3, -0.25) is 4.79 Å². The first-order valence-corrected chi connectivity index (χ1v) is 7.31. The summed E-state index contributed by atoms with van der Waals surface area (Å²) in [6.07, 6.45) is 0. The van der Waals surface area contributed by atoms with Crippen LogP contribution in [0.25, 0.3) is 10.1 Å². The predicted molar refractivity (Wildman–Crippen MR) is 77.0 cm³/mol. The molecule has 3 amide bonds. The number of fused-ring (bicyclic) bond motifs is 1. The van der Waals surface area contributed by atoms with Gasteiger partial charge < -0.3 is 15.5 Å². The average molecular weight is 287 g/mol. The molecule has 3 heterocycles. The second-order valence-electron chi connectivity index (χ2n) is 5.40. The number of nitrogens with zero attached hydrogens (tertiary/aromatic N) is 1. The van der Waals surface area contributed by atoms with Gasteiger partial charge in [0.2, 0.25) is 0 Å². The van der Waals surface area contributed by atoms with Gasteiger partial charge in [0.15, 0.2) is 0 Å². The molecule has 2 saturated heterocycles. The van der Waals surface area contributed by atoms with Crippen molar-refractivity contribution in [1.82, 2.24) is 15.5 Å². The maximum Gasteiger partial charge on any atom is 0.315 e. The number of carbonyl (C=O) groups excluding carboxylic acids is 2. The van der Waals surface area contributed by atoms with Crippen molar-refractivity contribution >= 4 is 33.4 Å². The lowest BCUT2D eigenvalue weighted by Gasteiger charge is -2.46. The molecule has 6 heteroatoms. The Kier molecular flexibility index (Phi) is 2.32. The SMILES string of the molecule is O=C1NCC2(CN(C(=O)c3cc4ccccc4s3)C2)N1. The Morgan fingerprint density at radius 3 is 2.80 bits per heavy atom. The van der Waals surface area contributed by atoms with E-state index in [2.05, 4.69) is 10.6 Å². The lowest BCUT2D eigenvalue weighted by Crippen LogP contribution is -2.69. The predicted octanol–water partition coefficient (Wildman–Crippen LogP) is 1.41. The first-order chi connectivity index (χ1) is 9.65. The van der Waals surface area contributed by atoms with Gasteiger partial charge in [-0.15, -0.1) is 11.3 Å². The minimum absolute atomic E-state index is 0.0537. The van der Waals surface area contributed by atoms with Gasteiger partial charge >= 0.3 is 6.03 Å². The Hall–Kier alpha value is -2.08. The minimum atomic E-state index is -0.247. The number of carbonyl (C=O) groups is 2. The Morgan fingerprint density at radius 1 is 1.30 bits per heavy atom. The molecule has 2 N–H and O–H groups in total. The number of amides is 3. The highest BCUT2D eigenvalue weighted by Gasteiger charge is 2.49. The summed E-state index contributed by atoms with van der Waals surface area (Å²) in [5.74, 6) is 0.0537. The van der Waals surface area contributed by atoms with Gasteiger partial charge in [-0.05, 0) is 17.5 Å². The van der Waals surface area contributed by atoms with Gasteiger partial charge in [0.1, 0.15) is 0 Å². The Morgan fingerprint density at radius 2 is 2.10 bits per heavy atom. The summed E-state index contributed by atoms with van der Waals surface area (Å²) in [4.78, 5) is 26.2. The van der Waals surface area contributed by atoms with Crippen molar-refractivity contribution < 1.29 is 9.59 Å². The van der Waals surface area contributed by atoms with Gasteiger partial charge in [-0.25, -0.2) is 4.79 Å². The molecule has 0 radical (unpaired) electrons. The minimum Gasteiger partial charge on any atom is -0.336 e. The number of nitrogens with one attached hydrogen (secondary N) is 2. The molecule has 0 saturated carbocycles. The molecule has 4 rings (SSSR count). The number of thiophene rings is 1. The molecule has 2 fully saturated rings. The quantitative estimate of drug-likeness (QED) is 0.833. The Balaban J connectivity index is 1.53. The van der Waals surface area contributed by atoms with Crippen LogP contribution in [-0.2, 0) is 0 Å². The van der Waals surface area contributed by atoms with Crippen molar-refractivity contribution in [3.63, 3.8) is 0 Å². The number of benzene rings is 1. The van der Waals surface area contributed by atoms with Gasteiger partial charge in [-0.2, -0.15) is 0 Å². The van der Waals surface area contributed by atoms with Crippen LogP contribution in [0.15, 0.2) is 30.3 Å². The number of hydrogen-bond acceptors (Lipinski definition) is 3. The fraction of sp³-hybridized carbons (Fsp3) is 0.286. The van der Waals surface area contributed by atoms with E-state index in [4.69, 9.17) is 0 Å². The van der Waals surface area contributed by atoms with Crippen LogP contribution in [0.1, 0.15) is 9.67 Å². The first kappa shape index (κ1) is 11.7. The maximum absolute atomic E-state index is 12.4. The lowest BCUT2D eigenvalue weighted by atomic mass is 9.91. The largest absolute Gasteiger partial charge is 0.336 e. The molecular weight excluding hydrogens is 274 g/mol. The van der Waals surface area contributed by atoms with E-state index in [9.17, 15) is 9.59 Å². The molecule has 0 bridgehead atoms. The summed E-state index contributed by atoms with van der Waals surface area (Å²) < 4.78 is 1.13. The molecule has 20 heavy (non-hydrogen) atoms. The molecule has 2 aliphatic rings. The highest BCUT2D eigenvalue weighted by molar-refractivity contribution is 7.20. The van der Waals surface area contributed by atoms with Crippen LogP contribution in [0.3, 0.4) is 0 Å². The zero-order chi connectivity index (χ0) is 13.7. The molecule has 1 aromatic carbocycles. The van der Waals surface area contributed by atoms with Crippen LogP contribution in [0.5, 0.6) is 0 Å². The van der Waals surface area contributed by atoms with Gasteiger partial charge in [0, 0.05) is 24.3 Å². The van der Waals surface area contributed by atoms with E-state index in [0.29, 0.717) is 19.6 Å². The smallest absolute Gasteiger partial charge is 0.315 e. The van der Waals surface area contributed by atoms with E-state index in [1.807, 2.05) is 30.3 Å². The van der Waals surface area contributed by atoms with Crippen LogP contribution in [0.2, 0.25) is 0 Å². The van der Waals surface area contributed by atoms with Crippen molar-refractivity contribution in [1.29, 1.82) is 0 Å². The van der Waals surface area contributed by atoms with Crippen molar-refractivity contribution in [2.24, 2.45) is 0 Å². The molecule has 0 unspecified atom stereocenters. The summed E-state index contributed by atoms with van der Waals surface area (Å²) in [5, 5.41) is 6.74. The molecule has 1 spiro atoms. The highest BCUT2D eigenvalue weighted by atomic mass is 32.1. The van der Waals surface area contributed by atoms with Crippen LogP contribution >= 0.6 is 11.3 Å². The van der Waals surface area contributed by atoms with Crippen LogP contribution < -0.4 is 10.6 Å². The van der Waals surface area contributed by atoms with Crippen molar-refractivity contribution in [2.45, 2.75) is 5.54 Å². The van der Waals surface area contributed by atoms with E-state index in [1.165, 1.54) is 11.3 Å². The van der Waals surface area contributed by atoms with E-state index >= 15 is 0 Å². The fourth-order valence-electron chi connectivity index (χ4n) is 2.84. The zero-order valence-electron chi connectivity index (χ0n) is 10.7. The monoisotopic (exact) mass is 287 g/mol. The van der Waals surface area contributed by atoms with E-state index in [-0.39, 0.29) is 17.5 Å². The molecule has 0 atom stereocenters. The molecule has 2 aromatic rings. The molecule has 5 nitrogen and oxygen atoms in total. The van der Waals surface area contributed by atoms with Crippen LogP contribution in [0, 0.1) is 0 Å². The average Bonchev–Trinajstić information content (AvgIpc) is 2.99. The lowest BCUT2D eigenvalue weighted by molar-refractivity contribution is 0.0402. The normalized spacial score (nSPS) is 19.8. The van der Waals surface area contributed by atoms with Gasteiger partial charge in [-0.1, -0.05) is 18.2 Å². The van der Waals surface area contributed by atoms with Crippen molar-refractivity contribution in [3.8, 4) is 0 Å². The summed E-state index contributed by atoms with van der Waals surface area (Å²) in [7, 11) is 0. The molecule has 2 aliphatic heterocycles. The summed E-state index contributed by atoms with van der Waals surface area (Å²) >= 11 is 1.52. The summed E-state index contributed by atoms with van der Waals surface area (Å²) in [6, 6.07) is 9.79. The van der Waals surface area contributed by atoms with Crippen LogP contribution in [0.4, 0.5) is 4.79 Å². The van der Waals surface area contributed by atoms with E-state index in [0.717, 1.165) is 15.0 Å². The standard InChI is InChI=1S/C14H13N3O2S/c18-12(11-5-9-3-1-2-4-10(9)20-11)17-7-14(8-17)6-15-13(19)16-14/h1-5H,6-8H2,(H2,15,16,19). The summed E-state index contributed by atoms with van der Waals surface area (Å²) in [6.45, 7) is 1.76. The molecule has 102 valence electrons. The Bertz CT molecular complexity index is 685. The molecule has 0 aliphatic carbocycles. The van der Waals surface area contributed by atoms with E-state index in [1.54, 1.807) is 4.90 Å². The van der Waals surface area contributed by atoms with Gasteiger partial charge in [0.05, 0.1) is 10.4 Å². The Labute approximate surface area is 119 Å². The van der Waals surface area contributed by atoms with Crippen molar-refractivity contribution in [3.05, 3.63) is 35.2 Å². The topological polar surface area (TPSA) is 61.4 Å². The zero-order valence-corrected chi connectivity index (χ0v) is 11.5. The third kappa shape index (κ3) is 1.68. The second kappa shape index (κ2) is 3.96. The maximum atomic E-state index is 12.4. The molecule has 1 aromatic heterocycles. The fourth-order valence-corrected chi connectivity index (χ4v) is 3.87. The summed E-state index contributed by atoms with van der Waals surface area (Å²) in [5.41, 5.74) is -0.247. The number of urea groups is 1. The third-order valence-corrected chi connectivity index (χ3v) is 4.98. The van der Waals surface area contributed by atoms with E-state index < -0.39 is 0 Å². The number of hydrogen-bond donors (Lipinski definition) is 2. The first-order valence-electron chi connectivity index (χ1n) is 6.49.